The molecule has 0 N–H and O–H groups in total. The van der Waals surface area contributed by atoms with Crippen molar-refractivity contribution in [3.05, 3.63) is 71.3 Å². The van der Waals surface area contributed by atoms with Crippen molar-refractivity contribution in [1.29, 1.82) is 0 Å². The predicted molar refractivity (Wildman–Crippen MR) is 94.4 cm³/mol. The molecule has 0 bridgehead atoms. The molecule has 0 fully saturated rings. The Balaban J connectivity index is 1.81. The molecule has 0 aromatic heterocycles. The van der Waals surface area contributed by atoms with Crippen molar-refractivity contribution in [2.75, 3.05) is 25.5 Å². The SMILES string of the molecule is CN(C)c1ccc(C2=Cc3ccccc3C3=CCCN23)cc1. The lowest BCUT2D eigenvalue weighted by Crippen LogP contribution is -2.20. The summed E-state index contributed by atoms with van der Waals surface area (Å²) >= 11 is 0. The molecule has 2 heterocycles. The Labute approximate surface area is 132 Å². The molecule has 0 radical (unpaired) electrons. The van der Waals surface area contributed by atoms with Gasteiger partial charge in [0.05, 0.1) is 0 Å². The van der Waals surface area contributed by atoms with Crippen LogP contribution in [0.2, 0.25) is 0 Å². The van der Waals surface area contributed by atoms with Gasteiger partial charge in [0.1, 0.15) is 0 Å². The number of anilines is 1. The molecule has 0 spiro atoms. The quantitative estimate of drug-likeness (QED) is 0.812. The molecule has 22 heavy (non-hydrogen) atoms. The first kappa shape index (κ1) is 13.2. The van der Waals surface area contributed by atoms with Crippen LogP contribution in [0.1, 0.15) is 23.1 Å². The van der Waals surface area contributed by atoms with Crippen molar-refractivity contribution < 1.29 is 0 Å². The van der Waals surface area contributed by atoms with Crippen LogP contribution >= 0.6 is 0 Å². The number of fused-ring (bicyclic) bond motifs is 3. The first-order valence-electron chi connectivity index (χ1n) is 7.80. The van der Waals surface area contributed by atoms with E-state index in [1.165, 1.54) is 33.8 Å². The largest absolute Gasteiger partial charge is 0.378 e. The van der Waals surface area contributed by atoms with E-state index < -0.39 is 0 Å². The third-order valence-corrected chi connectivity index (χ3v) is 4.48. The van der Waals surface area contributed by atoms with E-state index in [0.717, 1.165) is 13.0 Å². The maximum atomic E-state index is 2.45. The van der Waals surface area contributed by atoms with Crippen LogP contribution < -0.4 is 4.90 Å². The number of rotatable bonds is 2. The zero-order valence-corrected chi connectivity index (χ0v) is 13.1. The molecular weight excluding hydrogens is 268 g/mol. The van der Waals surface area contributed by atoms with Crippen LogP contribution in [0.5, 0.6) is 0 Å². The summed E-state index contributed by atoms with van der Waals surface area (Å²) in [6, 6.07) is 17.5. The molecule has 110 valence electrons. The summed E-state index contributed by atoms with van der Waals surface area (Å²) in [5.41, 5.74) is 7.87. The second-order valence-corrected chi connectivity index (χ2v) is 6.09. The smallest absolute Gasteiger partial charge is 0.0490 e. The first-order chi connectivity index (χ1) is 10.7. The van der Waals surface area contributed by atoms with Crippen molar-refractivity contribution in [3.8, 4) is 0 Å². The predicted octanol–water partition coefficient (Wildman–Crippen LogP) is 4.31. The summed E-state index contributed by atoms with van der Waals surface area (Å²) in [5, 5.41) is 0. The highest BCUT2D eigenvalue weighted by molar-refractivity contribution is 5.94. The van der Waals surface area contributed by atoms with Gasteiger partial charge in [-0.1, -0.05) is 42.5 Å². The van der Waals surface area contributed by atoms with E-state index in [0.29, 0.717) is 0 Å². The van der Waals surface area contributed by atoms with Gasteiger partial charge in [-0.15, -0.1) is 0 Å². The minimum atomic E-state index is 1.07. The molecule has 0 amide bonds. The van der Waals surface area contributed by atoms with Crippen molar-refractivity contribution >= 4 is 23.2 Å². The molecule has 0 atom stereocenters. The van der Waals surface area contributed by atoms with E-state index in [9.17, 15) is 0 Å². The number of hydrogen-bond donors (Lipinski definition) is 0. The van der Waals surface area contributed by atoms with Gasteiger partial charge in [0.15, 0.2) is 0 Å². The highest BCUT2D eigenvalue weighted by Gasteiger charge is 2.26. The molecule has 0 saturated heterocycles. The van der Waals surface area contributed by atoms with Crippen LogP contribution in [0.4, 0.5) is 5.69 Å². The molecule has 2 aromatic carbocycles. The minimum absolute atomic E-state index is 1.07. The lowest BCUT2D eigenvalue weighted by atomic mass is 9.96. The molecule has 2 heteroatoms. The second kappa shape index (κ2) is 5.06. The van der Waals surface area contributed by atoms with E-state index in [1.807, 2.05) is 0 Å². The topological polar surface area (TPSA) is 6.48 Å². The molecule has 4 rings (SSSR count). The van der Waals surface area contributed by atoms with E-state index in [4.69, 9.17) is 0 Å². The van der Waals surface area contributed by atoms with E-state index >= 15 is 0 Å². The van der Waals surface area contributed by atoms with E-state index in [1.54, 1.807) is 0 Å². The van der Waals surface area contributed by atoms with Crippen molar-refractivity contribution in [3.63, 3.8) is 0 Å². The number of benzene rings is 2. The van der Waals surface area contributed by atoms with Crippen LogP contribution in [0.25, 0.3) is 17.5 Å². The van der Waals surface area contributed by atoms with Crippen LogP contribution in [0.3, 0.4) is 0 Å². The molecule has 2 aliphatic rings. The monoisotopic (exact) mass is 288 g/mol. The van der Waals surface area contributed by atoms with Crippen molar-refractivity contribution in [1.82, 2.24) is 4.90 Å². The molecule has 2 aromatic rings. The molecule has 2 nitrogen and oxygen atoms in total. The highest BCUT2D eigenvalue weighted by atomic mass is 15.2. The summed E-state index contributed by atoms with van der Waals surface area (Å²) in [6.07, 6.45) is 5.81. The Morgan fingerprint density at radius 1 is 0.909 bits per heavy atom. The van der Waals surface area contributed by atoms with Gasteiger partial charge in [-0.25, -0.2) is 0 Å². The highest BCUT2D eigenvalue weighted by Crippen LogP contribution is 2.40. The Hall–Kier alpha value is -2.48. The van der Waals surface area contributed by atoms with Gasteiger partial charge in [0, 0.05) is 43.3 Å². The first-order valence-corrected chi connectivity index (χ1v) is 7.80. The third-order valence-electron chi connectivity index (χ3n) is 4.48. The normalized spacial score (nSPS) is 15.8. The van der Waals surface area contributed by atoms with E-state index in [-0.39, 0.29) is 0 Å². The molecule has 0 aliphatic carbocycles. The Kier molecular flexibility index (Phi) is 3.04. The number of hydrogen-bond acceptors (Lipinski definition) is 2. The van der Waals surface area contributed by atoms with Crippen LogP contribution in [-0.2, 0) is 0 Å². The fourth-order valence-corrected chi connectivity index (χ4v) is 3.32. The summed E-state index contributed by atoms with van der Waals surface area (Å²) in [6.45, 7) is 1.07. The van der Waals surface area contributed by atoms with Crippen LogP contribution in [0, 0.1) is 0 Å². The van der Waals surface area contributed by atoms with Gasteiger partial charge in [-0.05, 0) is 35.8 Å². The van der Waals surface area contributed by atoms with Crippen molar-refractivity contribution in [2.24, 2.45) is 0 Å². The minimum Gasteiger partial charge on any atom is -0.378 e. The standard InChI is InChI=1S/C20H20N2/c1-21(2)17-11-9-15(10-12-17)20-14-16-6-3-4-7-18(16)19-8-5-13-22(19)20/h3-4,6-12,14H,5,13H2,1-2H3. The maximum Gasteiger partial charge on any atom is 0.0490 e. The average Bonchev–Trinajstić information content (AvgIpc) is 3.04. The van der Waals surface area contributed by atoms with Gasteiger partial charge in [0.25, 0.3) is 0 Å². The average molecular weight is 288 g/mol. The Morgan fingerprint density at radius 3 is 2.45 bits per heavy atom. The summed E-state index contributed by atoms with van der Waals surface area (Å²) in [7, 11) is 4.15. The zero-order valence-electron chi connectivity index (χ0n) is 13.1. The van der Waals surface area contributed by atoms with Gasteiger partial charge < -0.3 is 9.80 Å². The fourth-order valence-electron chi connectivity index (χ4n) is 3.32. The summed E-state index contributed by atoms with van der Waals surface area (Å²) in [5.74, 6) is 0. The summed E-state index contributed by atoms with van der Waals surface area (Å²) in [4.78, 5) is 4.59. The van der Waals surface area contributed by atoms with Gasteiger partial charge >= 0.3 is 0 Å². The third kappa shape index (κ3) is 2.03. The fraction of sp³-hybridized carbons (Fsp3) is 0.200. The molecule has 0 unspecified atom stereocenters. The molecule has 0 saturated carbocycles. The second-order valence-electron chi connectivity index (χ2n) is 6.09. The lowest BCUT2D eigenvalue weighted by molar-refractivity contribution is 0.595. The zero-order chi connectivity index (χ0) is 15.1. The molecular formula is C20H20N2. The number of nitrogens with zero attached hydrogens (tertiary/aromatic N) is 2. The van der Waals surface area contributed by atoms with Crippen LogP contribution in [0.15, 0.2) is 54.6 Å². The summed E-state index contributed by atoms with van der Waals surface area (Å²) < 4.78 is 0. The van der Waals surface area contributed by atoms with Gasteiger partial charge in [0.2, 0.25) is 0 Å². The van der Waals surface area contributed by atoms with Crippen molar-refractivity contribution in [2.45, 2.75) is 6.42 Å². The van der Waals surface area contributed by atoms with Crippen LogP contribution in [-0.4, -0.2) is 25.5 Å². The maximum absolute atomic E-state index is 2.45. The Morgan fingerprint density at radius 2 is 1.68 bits per heavy atom. The van der Waals surface area contributed by atoms with E-state index in [2.05, 4.69) is 84.6 Å². The lowest BCUT2D eigenvalue weighted by Gasteiger charge is -2.31. The van der Waals surface area contributed by atoms with Gasteiger partial charge in [-0.2, -0.15) is 0 Å². The molecule has 2 aliphatic heterocycles. The van der Waals surface area contributed by atoms with Gasteiger partial charge in [-0.3, -0.25) is 0 Å². The Bertz CT molecular complexity index is 767.